The summed E-state index contributed by atoms with van der Waals surface area (Å²) in [4.78, 5) is 9.10. The van der Waals surface area contributed by atoms with Gasteiger partial charge < -0.3 is 11.1 Å². The molecule has 0 radical (unpaired) electrons. The number of nitrogens with two attached hydrogens (primary N) is 2. The fourth-order valence-electron chi connectivity index (χ4n) is 3.07. The van der Waals surface area contributed by atoms with E-state index < -0.39 is 5.79 Å². The van der Waals surface area contributed by atoms with Crippen LogP contribution < -0.4 is 22.1 Å². The highest BCUT2D eigenvalue weighted by molar-refractivity contribution is 6.42. The van der Waals surface area contributed by atoms with Gasteiger partial charge in [-0.2, -0.15) is 0 Å². The van der Waals surface area contributed by atoms with Crippen molar-refractivity contribution in [1.82, 2.24) is 10.6 Å². The lowest BCUT2D eigenvalue weighted by atomic mass is 10.1. The molecule has 0 bridgehead atoms. The minimum atomic E-state index is -1.06. The minimum Gasteiger partial charge on any atom is -0.370 e. The number of aryl methyl sites for hydroxylation is 1. The van der Waals surface area contributed by atoms with Gasteiger partial charge in [-0.05, 0) is 36.1 Å². The second-order valence-corrected chi connectivity index (χ2v) is 7.55. The Morgan fingerprint density at radius 3 is 2.57 bits per heavy atom. The van der Waals surface area contributed by atoms with E-state index in [4.69, 9.17) is 39.7 Å². The standard InChI is InChI=1S/C20H24Cl2N6/c1-2-17(14-6-4-3-5-7-14)25-19-26-18(23)27-20(24,28-19)11-10-13-8-9-15(21)16(22)12-13/h3-9,12,17H,2,10-11,24H2,1H3,(H4,23,25,26,27,28)/t17-,20?/m0/s1. The number of benzene rings is 2. The first-order valence-corrected chi connectivity index (χ1v) is 9.90. The molecule has 2 aromatic carbocycles. The SMILES string of the molecule is CC[C@H](N=C1NC(N)=NC(N)(CCc2ccc(Cl)c(Cl)c2)N1)c1ccccc1. The summed E-state index contributed by atoms with van der Waals surface area (Å²) >= 11 is 12.1. The Morgan fingerprint density at radius 1 is 1.14 bits per heavy atom. The molecular formula is C20H24Cl2N6. The zero-order valence-electron chi connectivity index (χ0n) is 15.6. The largest absolute Gasteiger partial charge is 0.370 e. The van der Waals surface area contributed by atoms with Gasteiger partial charge in [0.1, 0.15) is 0 Å². The van der Waals surface area contributed by atoms with E-state index in [1.54, 1.807) is 6.07 Å². The summed E-state index contributed by atoms with van der Waals surface area (Å²) in [5.74, 6) is -0.313. The number of guanidine groups is 2. The lowest BCUT2D eigenvalue weighted by Gasteiger charge is -2.33. The second kappa shape index (κ2) is 8.82. The molecule has 148 valence electrons. The fourth-order valence-corrected chi connectivity index (χ4v) is 3.39. The van der Waals surface area contributed by atoms with Gasteiger partial charge in [0.2, 0.25) is 5.96 Å². The summed E-state index contributed by atoms with van der Waals surface area (Å²) in [6.45, 7) is 2.09. The van der Waals surface area contributed by atoms with Crippen LogP contribution in [0, 0.1) is 0 Å². The quantitative estimate of drug-likeness (QED) is 0.575. The van der Waals surface area contributed by atoms with E-state index in [2.05, 4.69) is 34.7 Å². The maximum Gasteiger partial charge on any atom is 0.201 e. The lowest BCUT2D eigenvalue weighted by molar-refractivity contribution is 0.368. The van der Waals surface area contributed by atoms with Crippen LogP contribution in [0.15, 0.2) is 58.5 Å². The zero-order chi connectivity index (χ0) is 20.1. The molecule has 2 aromatic rings. The van der Waals surface area contributed by atoms with Gasteiger partial charge in [-0.15, -0.1) is 0 Å². The number of nitrogens with zero attached hydrogens (tertiary/aromatic N) is 2. The predicted octanol–water partition coefficient (Wildman–Crippen LogP) is 3.55. The Labute approximate surface area is 175 Å². The summed E-state index contributed by atoms with van der Waals surface area (Å²) in [6, 6.07) is 15.6. The van der Waals surface area contributed by atoms with Crippen molar-refractivity contribution in [3.8, 4) is 0 Å². The summed E-state index contributed by atoms with van der Waals surface area (Å²) in [5, 5.41) is 7.19. The van der Waals surface area contributed by atoms with Crippen LogP contribution in [0.3, 0.4) is 0 Å². The van der Waals surface area contributed by atoms with Crippen LogP contribution in [0.25, 0.3) is 0 Å². The van der Waals surface area contributed by atoms with E-state index in [1.165, 1.54) is 0 Å². The molecule has 0 fully saturated rings. The van der Waals surface area contributed by atoms with Crippen molar-refractivity contribution >= 4 is 35.1 Å². The molecule has 0 saturated heterocycles. The third kappa shape index (κ3) is 5.16. The smallest absolute Gasteiger partial charge is 0.201 e. The third-order valence-electron chi connectivity index (χ3n) is 4.54. The van der Waals surface area contributed by atoms with E-state index in [9.17, 15) is 0 Å². The molecular weight excluding hydrogens is 395 g/mol. The van der Waals surface area contributed by atoms with E-state index in [-0.39, 0.29) is 12.0 Å². The Kier molecular flexibility index (Phi) is 6.44. The maximum atomic E-state index is 6.45. The van der Waals surface area contributed by atoms with Gasteiger partial charge in [0.25, 0.3) is 0 Å². The topological polar surface area (TPSA) is 101 Å². The molecule has 6 nitrogen and oxygen atoms in total. The Bertz CT molecular complexity index is 884. The molecule has 6 N–H and O–H groups in total. The molecule has 2 atom stereocenters. The van der Waals surface area contributed by atoms with Crippen molar-refractivity contribution < 1.29 is 0 Å². The zero-order valence-corrected chi connectivity index (χ0v) is 17.1. The summed E-state index contributed by atoms with van der Waals surface area (Å²) in [7, 11) is 0. The molecule has 1 aliphatic heterocycles. The van der Waals surface area contributed by atoms with Crippen LogP contribution >= 0.6 is 23.2 Å². The third-order valence-corrected chi connectivity index (χ3v) is 5.28. The average Bonchev–Trinajstić information content (AvgIpc) is 2.67. The summed E-state index contributed by atoms with van der Waals surface area (Å²) in [6.07, 6.45) is 2.00. The van der Waals surface area contributed by atoms with Crippen LogP contribution in [0.2, 0.25) is 10.0 Å². The number of hydrogen-bond donors (Lipinski definition) is 4. The Balaban J connectivity index is 1.75. The van der Waals surface area contributed by atoms with Crippen molar-refractivity contribution in [3.63, 3.8) is 0 Å². The van der Waals surface area contributed by atoms with Gasteiger partial charge in [-0.3, -0.25) is 11.1 Å². The molecule has 0 spiro atoms. The van der Waals surface area contributed by atoms with Gasteiger partial charge in [0, 0.05) is 6.42 Å². The average molecular weight is 419 g/mol. The van der Waals surface area contributed by atoms with Gasteiger partial charge in [-0.25, -0.2) is 9.98 Å². The first-order valence-electron chi connectivity index (χ1n) is 9.14. The van der Waals surface area contributed by atoms with Crippen LogP contribution in [-0.2, 0) is 6.42 Å². The highest BCUT2D eigenvalue weighted by atomic mass is 35.5. The minimum absolute atomic E-state index is 0.0126. The van der Waals surface area contributed by atoms with Crippen LogP contribution in [0.4, 0.5) is 0 Å². The molecule has 0 aromatic heterocycles. The highest BCUT2D eigenvalue weighted by Gasteiger charge is 2.30. The molecule has 28 heavy (non-hydrogen) atoms. The lowest BCUT2D eigenvalue weighted by Crippen LogP contribution is -2.65. The maximum absolute atomic E-state index is 6.45. The van der Waals surface area contributed by atoms with Gasteiger partial charge >= 0.3 is 0 Å². The molecule has 0 saturated carbocycles. The molecule has 1 unspecified atom stereocenters. The molecule has 0 amide bonds. The van der Waals surface area contributed by atoms with Crippen molar-refractivity contribution in [2.75, 3.05) is 0 Å². The molecule has 1 aliphatic rings. The highest BCUT2D eigenvalue weighted by Crippen LogP contribution is 2.25. The molecule has 0 aliphatic carbocycles. The number of halogens is 2. The van der Waals surface area contributed by atoms with Crippen LogP contribution in [0.1, 0.15) is 36.9 Å². The van der Waals surface area contributed by atoms with Gasteiger partial charge in [-0.1, -0.05) is 66.5 Å². The number of hydrogen-bond acceptors (Lipinski definition) is 4. The van der Waals surface area contributed by atoms with Crippen molar-refractivity contribution in [3.05, 3.63) is 69.7 Å². The predicted molar refractivity (Wildman–Crippen MR) is 117 cm³/mol. The monoisotopic (exact) mass is 418 g/mol. The van der Waals surface area contributed by atoms with Crippen LogP contribution in [0.5, 0.6) is 0 Å². The molecule has 1 heterocycles. The van der Waals surface area contributed by atoms with E-state index in [1.807, 2.05) is 30.3 Å². The molecule has 3 rings (SSSR count). The van der Waals surface area contributed by atoms with E-state index >= 15 is 0 Å². The Hall–Kier alpha value is -2.28. The number of aliphatic imine (C=N–C) groups is 2. The second-order valence-electron chi connectivity index (χ2n) is 6.73. The number of rotatable bonds is 6. The van der Waals surface area contributed by atoms with Crippen molar-refractivity contribution in [2.24, 2.45) is 21.5 Å². The van der Waals surface area contributed by atoms with E-state index in [0.717, 1.165) is 17.5 Å². The normalized spacial score (nSPS) is 21.6. The number of nitrogens with one attached hydrogen (secondary N) is 2. The first kappa shape index (κ1) is 20.5. The van der Waals surface area contributed by atoms with Crippen LogP contribution in [-0.4, -0.2) is 17.7 Å². The van der Waals surface area contributed by atoms with Crippen molar-refractivity contribution in [1.29, 1.82) is 0 Å². The summed E-state index contributed by atoms with van der Waals surface area (Å²) in [5.41, 5.74) is 14.6. The Morgan fingerprint density at radius 2 is 1.89 bits per heavy atom. The van der Waals surface area contributed by atoms with Gasteiger partial charge in [0.05, 0.1) is 16.1 Å². The summed E-state index contributed by atoms with van der Waals surface area (Å²) < 4.78 is 0. The van der Waals surface area contributed by atoms with Gasteiger partial charge in [0.15, 0.2) is 11.7 Å². The first-order chi connectivity index (χ1) is 13.4. The fraction of sp³-hybridized carbons (Fsp3) is 0.300. The van der Waals surface area contributed by atoms with Crippen molar-refractivity contribution in [2.45, 2.75) is 38.0 Å². The van der Waals surface area contributed by atoms with E-state index in [0.29, 0.717) is 28.8 Å². The molecule has 8 heteroatoms.